The van der Waals surface area contributed by atoms with Gasteiger partial charge in [-0.3, -0.25) is 0 Å². The Morgan fingerprint density at radius 3 is 1.67 bits per heavy atom. The molecule has 1 saturated carbocycles. The van der Waals surface area contributed by atoms with Gasteiger partial charge in [-0.1, -0.05) is 126 Å². The fraction of sp³-hybridized carbons (Fsp3) is 0.600. The van der Waals surface area contributed by atoms with E-state index >= 15 is 0 Å². The maximum atomic E-state index is 7.10. The molecule has 0 atom stereocenters. The first kappa shape index (κ1) is 26.2. The predicted octanol–water partition coefficient (Wildman–Crippen LogP) is 7.39. The minimum atomic E-state index is -2.75. The second kappa shape index (κ2) is 14.8. The van der Waals surface area contributed by atoms with Crippen molar-refractivity contribution in [2.24, 2.45) is 5.92 Å². The topological polar surface area (TPSA) is 18.5 Å². The zero-order valence-corrected chi connectivity index (χ0v) is 22.1. The Kier molecular flexibility index (Phi) is 11.7. The number of rotatable bonds is 15. The molecular weight excluding hydrogens is 420 g/mol. The average molecular weight is 467 g/mol. The van der Waals surface area contributed by atoms with E-state index in [0.29, 0.717) is 6.10 Å². The van der Waals surface area contributed by atoms with Gasteiger partial charge in [-0.05, 0) is 48.4 Å². The second-order valence-corrected chi connectivity index (χ2v) is 12.9. The van der Waals surface area contributed by atoms with Crippen LogP contribution in [0.1, 0.15) is 97.3 Å². The van der Waals surface area contributed by atoms with Crippen molar-refractivity contribution < 1.29 is 8.85 Å². The molecule has 1 aliphatic rings. The summed E-state index contributed by atoms with van der Waals surface area (Å²) in [6, 6.07) is 21.6. The molecule has 1 aliphatic carbocycles. The number of benzene rings is 2. The van der Waals surface area contributed by atoms with Crippen LogP contribution in [0.2, 0.25) is 0 Å². The van der Waals surface area contributed by atoms with Crippen LogP contribution in [-0.2, 0) is 8.85 Å². The molecule has 0 aromatic heterocycles. The third-order valence-corrected chi connectivity index (χ3v) is 10.6. The highest BCUT2D eigenvalue weighted by Crippen LogP contribution is 2.28. The van der Waals surface area contributed by atoms with Crippen molar-refractivity contribution in [2.75, 3.05) is 6.61 Å². The lowest BCUT2D eigenvalue weighted by molar-refractivity contribution is 0.0891. The van der Waals surface area contributed by atoms with E-state index in [1.807, 2.05) is 0 Å². The summed E-state index contributed by atoms with van der Waals surface area (Å²) >= 11 is 0. The van der Waals surface area contributed by atoms with Crippen LogP contribution in [0.15, 0.2) is 60.7 Å². The SMILES string of the molecule is CCCCCCCCCCCO[Si](OC1CCC(C)CC1)(c1ccccc1)c1ccccc1. The number of unbranched alkanes of at least 4 members (excludes halogenated alkanes) is 8. The maximum absolute atomic E-state index is 7.10. The molecule has 0 spiro atoms. The highest BCUT2D eigenvalue weighted by atomic mass is 28.4. The lowest BCUT2D eigenvalue weighted by Crippen LogP contribution is -2.65. The van der Waals surface area contributed by atoms with E-state index in [2.05, 4.69) is 74.5 Å². The van der Waals surface area contributed by atoms with Crippen LogP contribution in [0.25, 0.3) is 0 Å². The van der Waals surface area contributed by atoms with Crippen LogP contribution in [0.4, 0.5) is 0 Å². The third-order valence-electron chi connectivity index (χ3n) is 7.16. The molecule has 0 heterocycles. The maximum Gasteiger partial charge on any atom is 0.407 e. The largest absolute Gasteiger partial charge is 0.407 e. The van der Waals surface area contributed by atoms with Crippen molar-refractivity contribution in [2.45, 2.75) is 103 Å². The van der Waals surface area contributed by atoms with E-state index < -0.39 is 8.56 Å². The minimum Gasteiger partial charge on any atom is -0.388 e. The normalized spacial score (nSPS) is 19.0. The summed E-state index contributed by atoms with van der Waals surface area (Å²) in [5.41, 5.74) is 0. The fourth-order valence-corrected chi connectivity index (χ4v) is 8.44. The van der Waals surface area contributed by atoms with Gasteiger partial charge in [-0.2, -0.15) is 0 Å². The first-order chi connectivity index (χ1) is 16.2. The van der Waals surface area contributed by atoms with Crippen molar-refractivity contribution in [3.8, 4) is 0 Å². The minimum absolute atomic E-state index is 0.302. The highest BCUT2D eigenvalue weighted by molar-refractivity contribution is 6.92. The molecule has 33 heavy (non-hydrogen) atoms. The lowest BCUT2D eigenvalue weighted by atomic mass is 9.89. The predicted molar refractivity (Wildman–Crippen MR) is 144 cm³/mol. The molecule has 0 unspecified atom stereocenters. The second-order valence-electron chi connectivity index (χ2n) is 10.0. The van der Waals surface area contributed by atoms with Gasteiger partial charge in [0.1, 0.15) is 0 Å². The van der Waals surface area contributed by atoms with Gasteiger partial charge in [0.05, 0.1) is 0 Å². The van der Waals surface area contributed by atoms with Crippen LogP contribution in [0.5, 0.6) is 0 Å². The van der Waals surface area contributed by atoms with E-state index in [0.717, 1.165) is 31.8 Å². The van der Waals surface area contributed by atoms with Gasteiger partial charge in [0, 0.05) is 12.7 Å². The lowest BCUT2D eigenvalue weighted by Gasteiger charge is -2.37. The third kappa shape index (κ3) is 8.38. The Morgan fingerprint density at radius 2 is 1.15 bits per heavy atom. The molecule has 1 fully saturated rings. The fourth-order valence-electron chi connectivity index (χ4n) is 5.03. The molecule has 0 amide bonds. The summed E-state index contributed by atoms with van der Waals surface area (Å²) in [4.78, 5) is 0. The zero-order chi connectivity index (χ0) is 23.2. The number of hydrogen-bond donors (Lipinski definition) is 0. The van der Waals surface area contributed by atoms with Crippen molar-refractivity contribution >= 4 is 18.9 Å². The molecule has 0 N–H and O–H groups in total. The quantitative estimate of drug-likeness (QED) is 0.201. The van der Waals surface area contributed by atoms with E-state index in [4.69, 9.17) is 8.85 Å². The zero-order valence-electron chi connectivity index (χ0n) is 21.1. The Hall–Kier alpha value is -1.42. The Balaban J connectivity index is 1.65. The Morgan fingerprint density at radius 1 is 0.667 bits per heavy atom. The molecule has 2 nitrogen and oxygen atoms in total. The first-order valence-corrected chi connectivity index (χ1v) is 15.5. The van der Waals surface area contributed by atoms with Gasteiger partial charge in [0.2, 0.25) is 0 Å². The Bertz CT molecular complexity index is 701. The van der Waals surface area contributed by atoms with Crippen molar-refractivity contribution in [3.05, 3.63) is 60.7 Å². The molecule has 182 valence electrons. The van der Waals surface area contributed by atoms with Crippen molar-refractivity contribution in [1.29, 1.82) is 0 Å². The summed E-state index contributed by atoms with van der Waals surface area (Å²) in [6.45, 7) is 5.44. The van der Waals surface area contributed by atoms with E-state index in [1.54, 1.807) is 0 Å². The Labute approximate surface area is 204 Å². The molecule has 2 aromatic carbocycles. The molecule has 0 aliphatic heterocycles. The summed E-state index contributed by atoms with van der Waals surface area (Å²) in [5, 5.41) is 2.48. The first-order valence-electron chi connectivity index (χ1n) is 13.7. The standard InChI is InChI=1S/C30H46O2Si/c1-3-4-5-6-7-8-9-10-17-26-31-33(29-18-13-11-14-19-29,30-20-15-12-16-21-30)32-28-24-22-27(2)23-25-28/h11-16,18-21,27-28H,3-10,17,22-26H2,1-2H3. The molecule has 0 radical (unpaired) electrons. The molecule has 3 heteroatoms. The van der Waals surface area contributed by atoms with Gasteiger partial charge in [-0.15, -0.1) is 0 Å². The molecule has 0 saturated heterocycles. The monoisotopic (exact) mass is 466 g/mol. The van der Waals surface area contributed by atoms with Gasteiger partial charge in [0.25, 0.3) is 0 Å². The van der Waals surface area contributed by atoms with Crippen LogP contribution < -0.4 is 10.4 Å². The number of hydrogen-bond acceptors (Lipinski definition) is 2. The molecular formula is C30H46O2Si. The van der Waals surface area contributed by atoms with E-state index in [9.17, 15) is 0 Å². The van der Waals surface area contributed by atoms with Gasteiger partial charge in [-0.25, -0.2) is 0 Å². The van der Waals surface area contributed by atoms with Crippen LogP contribution >= 0.6 is 0 Å². The van der Waals surface area contributed by atoms with E-state index in [1.165, 1.54) is 74.6 Å². The summed E-state index contributed by atoms with van der Waals surface area (Å²) in [5.74, 6) is 0.817. The summed E-state index contributed by atoms with van der Waals surface area (Å²) < 4.78 is 14.0. The molecule has 3 rings (SSSR count). The highest BCUT2D eigenvalue weighted by Gasteiger charge is 2.45. The summed E-state index contributed by atoms with van der Waals surface area (Å²) in [6.07, 6.45) is 17.1. The van der Waals surface area contributed by atoms with Gasteiger partial charge in [0.15, 0.2) is 0 Å². The smallest absolute Gasteiger partial charge is 0.388 e. The van der Waals surface area contributed by atoms with Gasteiger partial charge < -0.3 is 8.85 Å². The van der Waals surface area contributed by atoms with Crippen molar-refractivity contribution in [1.82, 2.24) is 0 Å². The van der Waals surface area contributed by atoms with Crippen LogP contribution in [0, 0.1) is 5.92 Å². The van der Waals surface area contributed by atoms with Gasteiger partial charge >= 0.3 is 8.56 Å². The van der Waals surface area contributed by atoms with Crippen LogP contribution in [0.3, 0.4) is 0 Å². The summed E-state index contributed by atoms with van der Waals surface area (Å²) in [7, 11) is -2.75. The van der Waals surface area contributed by atoms with Crippen LogP contribution in [-0.4, -0.2) is 21.3 Å². The molecule has 2 aromatic rings. The van der Waals surface area contributed by atoms with Crippen molar-refractivity contribution in [3.63, 3.8) is 0 Å². The average Bonchev–Trinajstić information content (AvgIpc) is 2.87. The van der Waals surface area contributed by atoms with E-state index in [-0.39, 0.29) is 0 Å². The molecule has 0 bridgehead atoms.